The Kier molecular flexibility index (Phi) is 4.87. The number of hydrogen-bond donors (Lipinski definition) is 0. The molecule has 0 spiro atoms. The van der Waals surface area contributed by atoms with Gasteiger partial charge >= 0.3 is 0 Å². The first kappa shape index (κ1) is 15.2. The summed E-state index contributed by atoms with van der Waals surface area (Å²) in [6.07, 6.45) is 8.87. The van der Waals surface area contributed by atoms with Crippen LogP contribution in [0.25, 0.3) is 0 Å². The lowest BCUT2D eigenvalue weighted by atomic mass is 9.76. The van der Waals surface area contributed by atoms with Crippen molar-refractivity contribution in [3.8, 4) is 0 Å². The molecule has 0 aliphatic heterocycles. The summed E-state index contributed by atoms with van der Waals surface area (Å²) in [5.74, 6) is 0.841. The van der Waals surface area contributed by atoms with Crippen molar-refractivity contribution in [3.05, 3.63) is 65.2 Å². The van der Waals surface area contributed by atoms with Gasteiger partial charge in [0.15, 0.2) is 0 Å². The molecule has 0 radical (unpaired) electrons. The van der Waals surface area contributed by atoms with Gasteiger partial charge in [-0.2, -0.15) is 4.39 Å². The molecule has 1 heterocycles. The molecule has 116 valence electrons. The van der Waals surface area contributed by atoms with Crippen molar-refractivity contribution in [3.63, 3.8) is 0 Å². The number of hydrogen-bond acceptors (Lipinski definition) is 1. The summed E-state index contributed by atoms with van der Waals surface area (Å²) in [7, 11) is 0. The summed E-state index contributed by atoms with van der Waals surface area (Å²) < 4.78 is 12.9. The maximum Gasteiger partial charge on any atom is 0.212 e. The summed E-state index contributed by atoms with van der Waals surface area (Å²) in [6.45, 7) is 2.22. The standard InChI is InChI=1S/C20H24FN/c1-2-3-15-4-6-16(7-5-15)17-8-10-18(11-9-17)19-12-13-20(21)22-14-19/h4-7,12-14,17-18H,2-3,8-11H2,1H3. The van der Waals surface area contributed by atoms with Crippen LogP contribution in [0.15, 0.2) is 42.6 Å². The Bertz CT molecular complexity index is 580. The normalized spacial score (nSPS) is 21.7. The van der Waals surface area contributed by atoms with Crippen molar-refractivity contribution in [2.24, 2.45) is 0 Å². The van der Waals surface area contributed by atoms with Crippen molar-refractivity contribution in [2.75, 3.05) is 0 Å². The smallest absolute Gasteiger partial charge is 0.212 e. The summed E-state index contributed by atoms with van der Waals surface area (Å²) in [5.41, 5.74) is 4.12. The van der Waals surface area contributed by atoms with Crippen LogP contribution in [0.1, 0.15) is 67.6 Å². The lowest BCUT2D eigenvalue weighted by molar-refractivity contribution is 0.395. The molecule has 1 saturated carbocycles. The van der Waals surface area contributed by atoms with E-state index >= 15 is 0 Å². The average Bonchev–Trinajstić information content (AvgIpc) is 2.57. The predicted molar refractivity (Wildman–Crippen MR) is 88.6 cm³/mol. The third kappa shape index (κ3) is 3.55. The first-order chi connectivity index (χ1) is 10.8. The molecule has 0 unspecified atom stereocenters. The number of nitrogens with zero attached hydrogens (tertiary/aromatic N) is 1. The molecule has 22 heavy (non-hydrogen) atoms. The Hall–Kier alpha value is -1.70. The van der Waals surface area contributed by atoms with E-state index in [1.807, 2.05) is 6.07 Å². The van der Waals surface area contributed by atoms with Crippen molar-refractivity contribution < 1.29 is 4.39 Å². The Morgan fingerprint density at radius 3 is 2.05 bits per heavy atom. The molecule has 1 aromatic heterocycles. The van der Waals surface area contributed by atoms with Crippen LogP contribution in [-0.2, 0) is 6.42 Å². The topological polar surface area (TPSA) is 12.9 Å². The summed E-state index contributed by atoms with van der Waals surface area (Å²) >= 11 is 0. The highest BCUT2D eigenvalue weighted by Gasteiger charge is 2.23. The van der Waals surface area contributed by atoms with Crippen molar-refractivity contribution in [2.45, 2.75) is 57.3 Å². The highest BCUT2D eigenvalue weighted by molar-refractivity contribution is 5.26. The molecular formula is C20H24FN. The van der Waals surface area contributed by atoms with Gasteiger partial charge in [-0.3, -0.25) is 0 Å². The first-order valence-corrected chi connectivity index (χ1v) is 8.46. The number of pyridine rings is 1. The highest BCUT2D eigenvalue weighted by atomic mass is 19.1. The first-order valence-electron chi connectivity index (χ1n) is 8.46. The summed E-state index contributed by atoms with van der Waals surface area (Å²) in [4.78, 5) is 3.79. The molecule has 0 bridgehead atoms. The molecule has 1 fully saturated rings. The number of aryl methyl sites for hydroxylation is 1. The minimum Gasteiger partial charge on any atom is -0.228 e. The maximum absolute atomic E-state index is 12.9. The molecule has 2 aromatic rings. The van der Waals surface area contributed by atoms with Crippen LogP contribution in [0.5, 0.6) is 0 Å². The second kappa shape index (κ2) is 7.04. The van der Waals surface area contributed by atoms with Gasteiger partial charge in [-0.05, 0) is 66.7 Å². The van der Waals surface area contributed by atoms with Crippen LogP contribution in [0, 0.1) is 5.95 Å². The van der Waals surface area contributed by atoms with Gasteiger partial charge in [0, 0.05) is 6.20 Å². The minimum atomic E-state index is -0.385. The molecule has 0 saturated heterocycles. The highest BCUT2D eigenvalue weighted by Crippen LogP contribution is 2.40. The lowest BCUT2D eigenvalue weighted by Crippen LogP contribution is -2.12. The molecule has 3 rings (SSSR count). The fourth-order valence-electron chi connectivity index (χ4n) is 3.63. The average molecular weight is 297 g/mol. The van der Waals surface area contributed by atoms with Crippen LogP contribution in [0.2, 0.25) is 0 Å². The Morgan fingerprint density at radius 1 is 0.909 bits per heavy atom. The zero-order chi connectivity index (χ0) is 15.4. The number of benzene rings is 1. The molecule has 2 heteroatoms. The Labute approximate surface area is 132 Å². The molecule has 0 amide bonds. The van der Waals surface area contributed by atoms with Crippen LogP contribution < -0.4 is 0 Å². The van der Waals surface area contributed by atoms with Gasteiger partial charge in [0.05, 0.1) is 0 Å². The van der Waals surface area contributed by atoms with Crippen LogP contribution >= 0.6 is 0 Å². The number of rotatable bonds is 4. The van der Waals surface area contributed by atoms with E-state index in [2.05, 4.69) is 36.2 Å². The predicted octanol–water partition coefficient (Wildman–Crippen LogP) is 5.61. The zero-order valence-electron chi connectivity index (χ0n) is 13.3. The maximum atomic E-state index is 12.9. The summed E-state index contributed by atoms with van der Waals surface area (Å²) in [5, 5.41) is 0. The molecule has 1 aliphatic rings. The Morgan fingerprint density at radius 2 is 1.50 bits per heavy atom. The molecule has 1 aliphatic carbocycles. The van der Waals surface area contributed by atoms with E-state index < -0.39 is 0 Å². The van der Waals surface area contributed by atoms with Gasteiger partial charge in [-0.15, -0.1) is 0 Å². The van der Waals surface area contributed by atoms with Gasteiger partial charge in [0.25, 0.3) is 0 Å². The van der Waals surface area contributed by atoms with E-state index in [9.17, 15) is 4.39 Å². The number of aromatic nitrogens is 1. The molecular weight excluding hydrogens is 273 g/mol. The lowest BCUT2D eigenvalue weighted by Gasteiger charge is -2.29. The molecule has 1 nitrogen and oxygen atoms in total. The monoisotopic (exact) mass is 297 g/mol. The van der Waals surface area contributed by atoms with Crippen molar-refractivity contribution >= 4 is 0 Å². The minimum absolute atomic E-state index is 0.385. The Balaban J connectivity index is 1.60. The third-order valence-corrected chi connectivity index (χ3v) is 4.94. The van der Waals surface area contributed by atoms with E-state index in [0.717, 1.165) is 0 Å². The molecule has 1 aromatic carbocycles. The largest absolute Gasteiger partial charge is 0.228 e. The van der Waals surface area contributed by atoms with Gasteiger partial charge in [0.2, 0.25) is 5.95 Å². The van der Waals surface area contributed by atoms with Crippen molar-refractivity contribution in [1.29, 1.82) is 0 Å². The SMILES string of the molecule is CCCc1ccc(C2CCC(c3ccc(F)nc3)CC2)cc1. The van der Waals surface area contributed by atoms with E-state index in [4.69, 9.17) is 0 Å². The van der Waals surface area contributed by atoms with E-state index in [-0.39, 0.29) is 5.95 Å². The fourth-order valence-corrected chi connectivity index (χ4v) is 3.63. The second-order valence-corrected chi connectivity index (χ2v) is 6.45. The van der Waals surface area contributed by atoms with Crippen LogP contribution in [0.4, 0.5) is 4.39 Å². The molecule has 0 atom stereocenters. The van der Waals surface area contributed by atoms with Gasteiger partial charge < -0.3 is 0 Å². The van der Waals surface area contributed by atoms with E-state index in [1.54, 1.807) is 6.20 Å². The van der Waals surface area contributed by atoms with Crippen molar-refractivity contribution in [1.82, 2.24) is 4.98 Å². The number of halogens is 1. The second-order valence-electron chi connectivity index (χ2n) is 6.45. The van der Waals surface area contributed by atoms with E-state index in [0.29, 0.717) is 11.8 Å². The quantitative estimate of drug-likeness (QED) is 0.668. The summed E-state index contributed by atoms with van der Waals surface area (Å²) in [6, 6.07) is 12.6. The van der Waals surface area contributed by atoms with Gasteiger partial charge in [-0.25, -0.2) is 4.98 Å². The van der Waals surface area contributed by atoms with Crippen LogP contribution in [0.3, 0.4) is 0 Å². The van der Waals surface area contributed by atoms with Crippen LogP contribution in [-0.4, -0.2) is 4.98 Å². The van der Waals surface area contributed by atoms with Gasteiger partial charge in [-0.1, -0.05) is 43.7 Å². The third-order valence-electron chi connectivity index (χ3n) is 4.94. The zero-order valence-corrected chi connectivity index (χ0v) is 13.3. The fraction of sp³-hybridized carbons (Fsp3) is 0.450. The van der Waals surface area contributed by atoms with Gasteiger partial charge in [0.1, 0.15) is 0 Å². The molecule has 0 N–H and O–H groups in total. The van der Waals surface area contributed by atoms with E-state index in [1.165, 1.54) is 61.3 Å².